The van der Waals surface area contributed by atoms with Crippen LogP contribution in [0.15, 0.2) is 12.4 Å². The van der Waals surface area contributed by atoms with Crippen molar-refractivity contribution in [3.05, 3.63) is 18.2 Å². The van der Waals surface area contributed by atoms with Gasteiger partial charge in [-0.15, -0.1) is 0 Å². The van der Waals surface area contributed by atoms with E-state index >= 15 is 0 Å². The van der Waals surface area contributed by atoms with Crippen molar-refractivity contribution in [2.75, 3.05) is 6.61 Å². The van der Waals surface area contributed by atoms with Crippen molar-refractivity contribution in [2.45, 2.75) is 33.7 Å². The first-order valence-electron chi connectivity index (χ1n) is 4.70. The number of aliphatic hydroxyl groups is 1. The molecular weight excluding hydrogens is 164 g/mol. The second kappa shape index (κ2) is 3.92. The molecule has 74 valence electrons. The molecule has 1 N–H and O–H groups in total. The van der Waals surface area contributed by atoms with E-state index in [4.69, 9.17) is 5.11 Å². The molecule has 0 spiro atoms. The number of aryl methyl sites for hydroxylation is 1. The first-order chi connectivity index (χ1) is 6.09. The Morgan fingerprint density at radius 2 is 2.23 bits per heavy atom. The molecule has 1 aromatic rings. The zero-order valence-corrected chi connectivity index (χ0v) is 8.62. The van der Waals surface area contributed by atoms with E-state index < -0.39 is 0 Å². The summed E-state index contributed by atoms with van der Waals surface area (Å²) in [6.45, 7) is 7.32. The molecule has 1 heterocycles. The summed E-state index contributed by atoms with van der Waals surface area (Å²) in [7, 11) is 0. The zero-order chi connectivity index (χ0) is 9.90. The highest BCUT2D eigenvalue weighted by Gasteiger charge is 2.19. The van der Waals surface area contributed by atoms with Crippen LogP contribution < -0.4 is 0 Å². The molecule has 0 unspecified atom stereocenters. The molecule has 0 saturated heterocycles. The summed E-state index contributed by atoms with van der Waals surface area (Å²) in [4.78, 5) is 4.27. The van der Waals surface area contributed by atoms with Crippen LogP contribution in [-0.4, -0.2) is 21.3 Å². The van der Waals surface area contributed by atoms with Gasteiger partial charge in [-0.25, -0.2) is 4.98 Å². The molecule has 3 heteroatoms. The maximum atomic E-state index is 9.12. The number of aliphatic hydroxyl groups excluding tert-OH is 1. The van der Waals surface area contributed by atoms with Crippen LogP contribution in [0.4, 0.5) is 0 Å². The maximum absolute atomic E-state index is 9.12. The molecule has 0 bridgehead atoms. The molecule has 0 atom stereocenters. The van der Waals surface area contributed by atoms with Gasteiger partial charge in [0, 0.05) is 32.0 Å². The van der Waals surface area contributed by atoms with Crippen molar-refractivity contribution in [1.29, 1.82) is 0 Å². The van der Waals surface area contributed by atoms with Crippen LogP contribution in [0.2, 0.25) is 0 Å². The largest absolute Gasteiger partial charge is 0.396 e. The lowest BCUT2D eigenvalue weighted by Crippen LogP contribution is -2.22. The van der Waals surface area contributed by atoms with Gasteiger partial charge in [0.05, 0.1) is 0 Å². The first kappa shape index (κ1) is 10.3. The SMILES string of the molecule is CCn1ccnc1CC(C)(C)CO. The smallest absolute Gasteiger partial charge is 0.109 e. The van der Waals surface area contributed by atoms with Gasteiger partial charge in [0.25, 0.3) is 0 Å². The minimum atomic E-state index is -0.0712. The number of nitrogens with zero attached hydrogens (tertiary/aromatic N) is 2. The van der Waals surface area contributed by atoms with Gasteiger partial charge in [-0.3, -0.25) is 0 Å². The number of hydrogen-bond donors (Lipinski definition) is 1. The highest BCUT2D eigenvalue weighted by atomic mass is 16.3. The maximum Gasteiger partial charge on any atom is 0.109 e. The van der Waals surface area contributed by atoms with Crippen molar-refractivity contribution < 1.29 is 5.11 Å². The summed E-state index contributed by atoms with van der Waals surface area (Å²) in [5.74, 6) is 1.06. The van der Waals surface area contributed by atoms with Crippen molar-refractivity contribution in [1.82, 2.24) is 9.55 Å². The second-order valence-corrected chi connectivity index (χ2v) is 4.13. The molecule has 0 aliphatic carbocycles. The van der Waals surface area contributed by atoms with E-state index in [0.717, 1.165) is 18.8 Å². The summed E-state index contributed by atoms with van der Waals surface area (Å²) in [5, 5.41) is 9.12. The third-order valence-corrected chi connectivity index (χ3v) is 2.21. The van der Waals surface area contributed by atoms with Gasteiger partial charge in [-0.1, -0.05) is 13.8 Å². The predicted octanol–water partition coefficient (Wildman–Crippen LogP) is 1.46. The third kappa shape index (κ3) is 2.56. The van der Waals surface area contributed by atoms with Crippen molar-refractivity contribution in [3.8, 4) is 0 Å². The molecular formula is C10H18N2O. The summed E-state index contributed by atoms with van der Waals surface area (Å²) >= 11 is 0. The molecule has 13 heavy (non-hydrogen) atoms. The normalized spacial score (nSPS) is 12.0. The Kier molecular flexibility index (Phi) is 3.09. The van der Waals surface area contributed by atoms with Crippen LogP contribution in [-0.2, 0) is 13.0 Å². The van der Waals surface area contributed by atoms with Crippen LogP contribution in [0.1, 0.15) is 26.6 Å². The van der Waals surface area contributed by atoms with E-state index in [-0.39, 0.29) is 12.0 Å². The quantitative estimate of drug-likeness (QED) is 0.765. The highest BCUT2D eigenvalue weighted by Crippen LogP contribution is 2.19. The fourth-order valence-electron chi connectivity index (χ4n) is 1.28. The molecule has 0 radical (unpaired) electrons. The highest BCUT2D eigenvalue weighted by molar-refractivity contribution is 4.95. The topological polar surface area (TPSA) is 38.0 Å². The van der Waals surface area contributed by atoms with Crippen LogP contribution >= 0.6 is 0 Å². The average Bonchev–Trinajstić information content (AvgIpc) is 2.51. The molecule has 3 nitrogen and oxygen atoms in total. The third-order valence-electron chi connectivity index (χ3n) is 2.21. The van der Waals surface area contributed by atoms with Crippen molar-refractivity contribution >= 4 is 0 Å². The van der Waals surface area contributed by atoms with Gasteiger partial charge in [0.1, 0.15) is 5.82 Å². The molecule has 1 rings (SSSR count). The van der Waals surface area contributed by atoms with Crippen LogP contribution in [0.25, 0.3) is 0 Å². The Hall–Kier alpha value is -0.830. The summed E-state index contributed by atoms with van der Waals surface area (Å²) in [6.07, 6.45) is 4.61. The fourth-order valence-corrected chi connectivity index (χ4v) is 1.28. The van der Waals surface area contributed by atoms with Crippen molar-refractivity contribution in [3.63, 3.8) is 0 Å². The average molecular weight is 182 g/mol. The van der Waals surface area contributed by atoms with Gasteiger partial charge in [-0.05, 0) is 12.3 Å². The van der Waals surface area contributed by atoms with Gasteiger partial charge in [-0.2, -0.15) is 0 Å². The Labute approximate surface area is 79.4 Å². The standard InChI is InChI=1S/C10H18N2O/c1-4-12-6-5-11-9(12)7-10(2,3)8-13/h5-6,13H,4,7-8H2,1-3H3. The number of aromatic nitrogens is 2. The van der Waals surface area contributed by atoms with Gasteiger partial charge in [0.2, 0.25) is 0 Å². The van der Waals surface area contributed by atoms with Gasteiger partial charge in [0.15, 0.2) is 0 Å². The minimum absolute atomic E-state index is 0.0712. The first-order valence-corrected chi connectivity index (χ1v) is 4.70. The lowest BCUT2D eigenvalue weighted by atomic mass is 9.90. The van der Waals surface area contributed by atoms with Gasteiger partial charge >= 0.3 is 0 Å². The monoisotopic (exact) mass is 182 g/mol. The molecule has 0 amide bonds. The Morgan fingerprint density at radius 3 is 2.77 bits per heavy atom. The lowest BCUT2D eigenvalue weighted by Gasteiger charge is -2.21. The fraction of sp³-hybridized carbons (Fsp3) is 0.700. The van der Waals surface area contributed by atoms with E-state index in [2.05, 4.69) is 16.5 Å². The van der Waals surface area contributed by atoms with Crippen LogP contribution in [0, 0.1) is 5.41 Å². The molecule has 0 saturated carbocycles. The van der Waals surface area contributed by atoms with E-state index in [0.29, 0.717) is 0 Å². The predicted molar refractivity (Wildman–Crippen MR) is 52.5 cm³/mol. The van der Waals surface area contributed by atoms with Crippen molar-refractivity contribution in [2.24, 2.45) is 5.41 Å². The number of rotatable bonds is 4. The summed E-state index contributed by atoms with van der Waals surface area (Å²) in [5.41, 5.74) is -0.0712. The van der Waals surface area contributed by atoms with Crippen LogP contribution in [0.5, 0.6) is 0 Å². The lowest BCUT2D eigenvalue weighted by molar-refractivity contribution is 0.156. The molecule has 0 aliphatic rings. The molecule has 1 aromatic heterocycles. The molecule has 0 aliphatic heterocycles. The Bertz CT molecular complexity index is 266. The van der Waals surface area contributed by atoms with Crippen LogP contribution in [0.3, 0.4) is 0 Å². The number of hydrogen-bond acceptors (Lipinski definition) is 2. The molecule has 0 aromatic carbocycles. The zero-order valence-electron chi connectivity index (χ0n) is 8.62. The van der Waals surface area contributed by atoms with E-state index in [1.54, 1.807) is 0 Å². The van der Waals surface area contributed by atoms with Gasteiger partial charge < -0.3 is 9.67 Å². The Morgan fingerprint density at radius 1 is 1.54 bits per heavy atom. The number of imidazole rings is 1. The summed E-state index contributed by atoms with van der Waals surface area (Å²) in [6, 6.07) is 0. The van der Waals surface area contributed by atoms with E-state index in [9.17, 15) is 0 Å². The molecule has 0 fully saturated rings. The minimum Gasteiger partial charge on any atom is -0.396 e. The summed E-state index contributed by atoms with van der Waals surface area (Å²) < 4.78 is 2.11. The van der Waals surface area contributed by atoms with E-state index in [1.165, 1.54) is 0 Å². The Balaban J connectivity index is 2.73. The van der Waals surface area contributed by atoms with E-state index in [1.807, 2.05) is 26.2 Å². The second-order valence-electron chi connectivity index (χ2n) is 4.13.